The van der Waals surface area contributed by atoms with Gasteiger partial charge in [0.2, 0.25) is 11.8 Å². The lowest BCUT2D eigenvalue weighted by Gasteiger charge is -2.09. The van der Waals surface area contributed by atoms with Crippen molar-refractivity contribution in [2.24, 2.45) is 0 Å². The molecule has 0 unspecified atom stereocenters. The maximum atomic E-state index is 5.51. The molecule has 1 rings (SSSR count). The summed E-state index contributed by atoms with van der Waals surface area (Å²) in [7, 11) is 1.76. The Morgan fingerprint density at radius 3 is 2.75 bits per heavy atom. The zero-order chi connectivity index (χ0) is 12.0. The second-order valence-electron chi connectivity index (χ2n) is 3.47. The van der Waals surface area contributed by atoms with Crippen LogP contribution in [0.2, 0.25) is 0 Å². The SMILES string of the molecule is CNc1cc(OCCOC(C)C)nc(N)n1. The third-order valence-corrected chi connectivity index (χ3v) is 1.76. The Bertz CT molecular complexity index is 331. The molecule has 1 aromatic rings. The van der Waals surface area contributed by atoms with Crippen molar-refractivity contribution in [3.05, 3.63) is 6.07 Å². The fourth-order valence-corrected chi connectivity index (χ4v) is 1.07. The first-order chi connectivity index (χ1) is 7.61. The first-order valence-electron chi connectivity index (χ1n) is 5.18. The lowest BCUT2D eigenvalue weighted by Crippen LogP contribution is -2.12. The number of hydrogen-bond donors (Lipinski definition) is 2. The summed E-state index contributed by atoms with van der Waals surface area (Å²) < 4.78 is 10.7. The van der Waals surface area contributed by atoms with Gasteiger partial charge in [-0.05, 0) is 13.8 Å². The molecule has 0 aliphatic rings. The third kappa shape index (κ3) is 4.31. The molecule has 1 aromatic heterocycles. The molecule has 3 N–H and O–H groups in total. The van der Waals surface area contributed by atoms with E-state index in [0.29, 0.717) is 24.9 Å². The molecule has 0 amide bonds. The first kappa shape index (κ1) is 12.5. The van der Waals surface area contributed by atoms with Crippen molar-refractivity contribution < 1.29 is 9.47 Å². The van der Waals surface area contributed by atoms with Gasteiger partial charge in [-0.25, -0.2) is 0 Å². The number of nitrogens with zero attached hydrogens (tertiary/aromatic N) is 2. The molecular formula is C10H18N4O2. The molecule has 0 radical (unpaired) electrons. The Kier molecular flexibility index (Phi) is 4.78. The van der Waals surface area contributed by atoms with Gasteiger partial charge in [0.1, 0.15) is 12.4 Å². The maximum absolute atomic E-state index is 5.51. The van der Waals surface area contributed by atoms with Crippen LogP contribution in [0.3, 0.4) is 0 Å². The van der Waals surface area contributed by atoms with Crippen molar-refractivity contribution in [1.29, 1.82) is 0 Å². The molecule has 6 heteroatoms. The maximum Gasteiger partial charge on any atom is 0.225 e. The molecular weight excluding hydrogens is 208 g/mol. The highest BCUT2D eigenvalue weighted by atomic mass is 16.5. The Balaban J connectivity index is 2.44. The van der Waals surface area contributed by atoms with E-state index in [9.17, 15) is 0 Å². The van der Waals surface area contributed by atoms with E-state index in [2.05, 4.69) is 15.3 Å². The number of hydrogen-bond acceptors (Lipinski definition) is 6. The summed E-state index contributed by atoms with van der Waals surface area (Å²) in [6.07, 6.45) is 0.201. The highest BCUT2D eigenvalue weighted by Gasteiger charge is 2.02. The van der Waals surface area contributed by atoms with Gasteiger partial charge in [-0.3, -0.25) is 0 Å². The van der Waals surface area contributed by atoms with Crippen molar-refractivity contribution in [1.82, 2.24) is 9.97 Å². The summed E-state index contributed by atoms with van der Waals surface area (Å²) in [5.41, 5.74) is 5.51. The number of nitrogen functional groups attached to an aromatic ring is 1. The van der Waals surface area contributed by atoms with Gasteiger partial charge in [-0.1, -0.05) is 0 Å². The predicted octanol–water partition coefficient (Wildman–Crippen LogP) is 0.904. The van der Waals surface area contributed by atoms with Crippen LogP contribution in [0.4, 0.5) is 11.8 Å². The number of rotatable bonds is 6. The predicted molar refractivity (Wildman–Crippen MR) is 62.6 cm³/mol. The second-order valence-corrected chi connectivity index (χ2v) is 3.47. The zero-order valence-corrected chi connectivity index (χ0v) is 9.86. The molecule has 0 aromatic carbocycles. The summed E-state index contributed by atoms with van der Waals surface area (Å²) in [6.45, 7) is 4.91. The van der Waals surface area contributed by atoms with E-state index in [0.717, 1.165) is 0 Å². The molecule has 0 saturated carbocycles. The van der Waals surface area contributed by atoms with Crippen molar-refractivity contribution in [3.8, 4) is 5.88 Å². The van der Waals surface area contributed by atoms with Crippen molar-refractivity contribution in [3.63, 3.8) is 0 Å². The van der Waals surface area contributed by atoms with E-state index in [1.165, 1.54) is 0 Å². The van der Waals surface area contributed by atoms with Gasteiger partial charge in [0, 0.05) is 13.1 Å². The summed E-state index contributed by atoms with van der Waals surface area (Å²) in [4.78, 5) is 7.90. The lowest BCUT2D eigenvalue weighted by molar-refractivity contribution is 0.0543. The number of aromatic nitrogens is 2. The molecule has 0 bridgehead atoms. The van der Waals surface area contributed by atoms with Crippen LogP contribution in [0.25, 0.3) is 0 Å². The summed E-state index contributed by atoms with van der Waals surface area (Å²) >= 11 is 0. The van der Waals surface area contributed by atoms with Crippen LogP contribution >= 0.6 is 0 Å². The van der Waals surface area contributed by atoms with Gasteiger partial charge in [-0.15, -0.1) is 0 Å². The highest BCUT2D eigenvalue weighted by Crippen LogP contribution is 2.13. The first-order valence-corrected chi connectivity index (χ1v) is 5.18. The average molecular weight is 226 g/mol. The topological polar surface area (TPSA) is 82.3 Å². The van der Waals surface area contributed by atoms with Crippen molar-refractivity contribution >= 4 is 11.8 Å². The van der Waals surface area contributed by atoms with E-state index in [1.54, 1.807) is 13.1 Å². The molecule has 0 aliphatic carbocycles. The van der Waals surface area contributed by atoms with Gasteiger partial charge in [0.25, 0.3) is 0 Å². The molecule has 90 valence electrons. The summed E-state index contributed by atoms with van der Waals surface area (Å²) in [5.74, 6) is 1.27. The molecule has 16 heavy (non-hydrogen) atoms. The minimum atomic E-state index is 0.187. The normalized spacial score (nSPS) is 10.5. The smallest absolute Gasteiger partial charge is 0.225 e. The largest absolute Gasteiger partial charge is 0.475 e. The quantitative estimate of drug-likeness (QED) is 0.701. The zero-order valence-electron chi connectivity index (χ0n) is 9.86. The van der Waals surface area contributed by atoms with Gasteiger partial charge < -0.3 is 20.5 Å². The standard InChI is InChI=1S/C10H18N4O2/c1-7(2)15-4-5-16-9-6-8(12-3)13-10(11)14-9/h6-7H,4-5H2,1-3H3,(H3,11,12,13,14). The Morgan fingerprint density at radius 1 is 1.38 bits per heavy atom. The van der Waals surface area contributed by atoms with E-state index in [-0.39, 0.29) is 12.1 Å². The molecule has 0 atom stereocenters. The lowest BCUT2D eigenvalue weighted by atomic mass is 10.5. The molecule has 0 fully saturated rings. The van der Waals surface area contributed by atoms with Gasteiger partial charge >= 0.3 is 0 Å². The number of nitrogens with two attached hydrogens (primary N) is 1. The van der Waals surface area contributed by atoms with E-state index < -0.39 is 0 Å². The highest BCUT2D eigenvalue weighted by molar-refractivity contribution is 5.41. The summed E-state index contributed by atoms with van der Waals surface area (Å²) in [6, 6.07) is 1.69. The number of nitrogens with one attached hydrogen (secondary N) is 1. The number of anilines is 2. The van der Waals surface area contributed by atoms with Crippen molar-refractivity contribution in [2.75, 3.05) is 31.3 Å². The van der Waals surface area contributed by atoms with Gasteiger partial charge in [-0.2, -0.15) is 9.97 Å². The Morgan fingerprint density at radius 2 is 2.12 bits per heavy atom. The van der Waals surface area contributed by atoms with Crippen LogP contribution < -0.4 is 15.8 Å². The molecule has 1 heterocycles. The van der Waals surface area contributed by atoms with Gasteiger partial charge in [0.05, 0.1) is 12.7 Å². The molecule has 0 saturated heterocycles. The van der Waals surface area contributed by atoms with E-state index in [4.69, 9.17) is 15.2 Å². The minimum Gasteiger partial charge on any atom is -0.475 e. The molecule has 0 aliphatic heterocycles. The van der Waals surface area contributed by atoms with Crippen LogP contribution in [0, 0.1) is 0 Å². The average Bonchev–Trinajstić information content (AvgIpc) is 2.23. The van der Waals surface area contributed by atoms with Crippen LogP contribution in [-0.2, 0) is 4.74 Å². The fourth-order valence-electron chi connectivity index (χ4n) is 1.07. The van der Waals surface area contributed by atoms with Crippen LogP contribution in [0.15, 0.2) is 6.07 Å². The monoisotopic (exact) mass is 226 g/mol. The van der Waals surface area contributed by atoms with E-state index >= 15 is 0 Å². The second kappa shape index (κ2) is 6.12. The number of ether oxygens (including phenoxy) is 2. The van der Waals surface area contributed by atoms with Crippen LogP contribution in [0.5, 0.6) is 5.88 Å². The third-order valence-electron chi connectivity index (χ3n) is 1.76. The van der Waals surface area contributed by atoms with Crippen LogP contribution in [-0.4, -0.2) is 36.3 Å². The molecule has 0 spiro atoms. The Labute approximate surface area is 95.2 Å². The van der Waals surface area contributed by atoms with Crippen LogP contribution in [0.1, 0.15) is 13.8 Å². The van der Waals surface area contributed by atoms with E-state index in [1.807, 2.05) is 13.8 Å². The van der Waals surface area contributed by atoms with Gasteiger partial charge in [0.15, 0.2) is 0 Å². The summed E-state index contributed by atoms with van der Waals surface area (Å²) in [5, 5.41) is 2.87. The fraction of sp³-hybridized carbons (Fsp3) is 0.600. The molecule has 6 nitrogen and oxygen atoms in total. The minimum absolute atomic E-state index is 0.187. The Hall–Kier alpha value is -1.56. The van der Waals surface area contributed by atoms with Crippen molar-refractivity contribution in [2.45, 2.75) is 20.0 Å².